The average molecular weight is 235 g/mol. The first kappa shape index (κ1) is 13.8. The van der Waals surface area contributed by atoms with Crippen LogP contribution in [-0.2, 0) is 11.2 Å². The van der Waals surface area contributed by atoms with E-state index in [0.717, 1.165) is 45.6 Å². The molecular formula is C13H21N3O. The van der Waals surface area contributed by atoms with Crippen LogP contribution in [0.5, 0.6) is 0 Å². The van der Waals surface area contributed by atoms with Crippen molar-refractivity contribution in [3.63, 3.8) is 0 Å². The summed E-state index contributed by atoms with van der Waals surface area (Å²) in [4.78, 5) is 7.04. The fraction of sp³-hybridized carbons (Fsp3) is 0.615. The number of ether oxygens (including phenoxy) is 1. The summed E-state index contributed by atoms with van der Waals surface area (Å²) in [6.45, 7) is 5.27. The molecule has 0 spiro atoms. The van der Waals surface area contributed by atoms with Crippen LogP contribution in [0.15, 0.2) is 12.5 Å². The lowest BCUT2D eigenvalue weighted by atomic mass is 10.3. The molecule has 0 bridgehead atoms. The molecule has 0 aliphatic rings. The quantitative estimate of drug-likeness (QED) is 0.502. The first-order valence-corrected chi connectivity index (χ1v) is 6.09. The Labute approximate surface area is 103 Å². The topological polar surface area (TPSA) is 49.9 Å². The third-order valence-electron chi connectivity index (χ3n) is 2.32. The van der Waals surface area contributed by atoms with Crippen LogP contribution in [0.2, 0.25) is 0 Å². The minimum atomic E-state index is 0.766. The summed E-state index contributed by atoms with van der Waals surface area (Å²) in [6, 6.07) is 0. The number of aromatic amines is 1. The van der Waals surface area contributed by atoms with Gasteiger partial charge in [0.1, 0.15) is 0 Å². The number of aromatic nitrogens is 2. The molecule has 0 fully saturated rings. The van der Waals surface area contributed by atoms with Crippen molar-refractivity contribution < 1.29 is 4.74 Å². The molecule has 0 saturated carbocycles. The highest BCUT2D eigenvalue weighted by atomic mass is 16.5. The molecule has 4 heteroatoms. The Morgan fingerprint density at radius 3 is 3.12 bits per heavy atom. The van der Waals surface area contributed by atoms with Crippen LogP contribution in [-0.4, -0.2) is 36.3 Å². The highest BCUT2D eigenvalue weighted by Gasteiger charge is 1.94. The number of hydrogen-bond acceptors (Lipinski definition) is 3. The van der Waals surface area contributed by atoms with E-state index in [1.165, 1.54) is 5.69 Å². The van der Waals surface area contributed by atoms with Crippen molar-refractivity contribution in [1.82, 2.24) is 15.3 Å². The van der Waals surface area contributed by atoms with Crippen molar-refractivity contribution in [3.05, 3.63) is 18.2 Å². The normalized spacial score (nSPS) is 9.94. The summed E-state index contributed by atoms with van der Waals surface area (Å²) in [6.07, 6.45) is 6.51. The molecule has 2 N–H and O–H groups in total. The van der Waals surface area contributed by atoms with Crippen molar-refractivity contribution in [2.24, 2.45) is 0 Å². The molecule has 0 unspecified atom stereocenters. The second kappa shape index (κ2) is 9.88. The van der Waals surface area contributed by atoms with Crippen LogP contribution in [0, 0.1) is 11.8 Å². The summed E-state index contributed by atoms with van der Waals surface area (Å²) >= 11 is 0. The van der Waals surface area contributed by atoms with Crippen molar-refractivity contribution in [1.29, 1.82) is 0 Å². The third-order valence-corrected chi connectivity index (χ3v) is 2.32. The fourth-order valence-electron chi connectivity index (χ4n) is 1.43. The van der Waals surface area contributed by atoms with Gasteiger partial charge in [0.05, 0.1) is 12.9 Å². The van der Waals surface area contributed by atoms with Crippen LogP contribution in [0.4, 0.5) is 0 Å². The molecule has 4 nitrogen and oxygen atoms in total. The highest BCUT2D eigenvalue weighted by molar-refractivity contribution is 4.95. The number of rotatable bonds is 9. The fourth-order valence-corrected chi connectivity index (χ4v) is 1.43. The van der Waals surface area contributed by atoms with Crippen LogP contribution >= 0.6 is 0 Å². The Morgan fingerprint density at radius 2 is 2.35 bits per heavy atom. The van der Waals surface area contributed by atoms with E-state index in [9.17, 15) is 0 Å². The Bertz CT molecular complexity index is 324. The predicted octanol–water partition coefficient (Wildman–Crippen LogP) is 1.36. The lowest BCUT2D eigenvalue weighted by molar-refractivity contribution is 0.134. The van der Waals surface area contributed by atoms with E-state index in [4.69, 9.17) is 4.74 Å². The maximum Gasteiger partial charge on any atom is 0.0921 e. The SMILES string of the molecule is CC#CCCNCCOCCCc1cnc[nH]1. The summed E-state index contributed by atoms with van der Waals surface area (Å²) in [5.74, 6) is 5.88. The summed E-state index contributed by atoms with van der Waals surface area (Å²) in [5, 5.41) is 3.28. The van der Waals surface area contributed by atoms with E-state index in [1.54, 1.807) is 6.33 Å². The summed E-state index contributed by atoms with van der Waals surface area (Å²) in [7, 11) is 0. The zero-order chi connectivity index (χ0) is 12.2. The number of aryl methyl sites for hydroxylation is 1. The number of nitrogens with zero attached hydrogens (tertiary/aromatic N) is 1. The third kappa shape index (κ3) is 7.56. The molecule has 1 aromatic heterocycles. The van der Waals surface area contributed by atoms with Gasteiger partial charge in [-0.25, -0.2) is 4.98 Å². The molecule has 94 valence electrons. The zero-order valence-electron chi connectivity index (χ0n) is 10.5. The Balaban J connectivity index is 1.79. The molecule has 0 aromatic carbocycles. The summed E-state index contributed by atoms with van der Waals surface area (Å²) < 4.78 is 5.51. The highest BCUT2D eigenvalue weighted by Crippen LogP contribution is 1.96. The van der Waals surface area contributed by atoms with E-state index >= 15 is 0 Å². The second-order valence-electron chi connectivity index (χ2n) is 3.72. The molecule has 0 amide bonds. The van der Waals surface area contributed by atoms with Gasteiger partial charge in [0, 0.05) is 38.0 Å². The van der Waals surface area contributed by atoms with E-state index in [-0.39, 0.29) is 0 Å². The van der Waals surface area contributed by atoms with Crippen LogP contribution in [0.25, 0.3) is 0 Å². The largest absolute Gasteiger partial charge is 0.380 e. The molecule has 1 aromatic rings. The first-order chi connectivity index (χ1) is 8.43. The number of nitrogens with one attached hydrogen (secondary N) is 2. The van der Waals surface area contributed by atoms with Gasteiger partial charge in [0.25, 0.3) is 0 Å². The Kier molecular flexibility index (Phi) is 8.00. The van der Waals surface area contributed by atoms with E-state index < -0.39 is 0 Å². The van der Waals surface area contributed by atoms with Gasteiger partial charge in [0.2, 0.25) is 0 Å². The van der Waals surface area contributed by atoms with Crippen molar-refractivity contribution in [2.75, 3.05) is 26.3 Å². The molecule has 0 radical (unpaired) electrons. The molecule has 17 heavy (non-hydrogen) atoms. The van der Waals surface area contributed by atoms with Gasteiger partial charge in [-0.3, -0.25) is 0 Å². The molecular weight excluding hydrogens is 214 g/mol. The van der Waals surface area contributed by atoms with Gasteiger partial charge in [-0.15, -0.1) is 11.8 Å². The van der Waals surface area contributed by atoms with Gasteiger partial charge >= 0.3 is 0 Å². The van der Waals surface area contributed by atoms with E-state index in [0.29, 0.717) is 0 Å². The average Bonchev–Trinajstić information content (AvgIpc) is 2.85. The van der Waals surface area contributed by atoms with Crippen molar-refractivity contribution in [3.8, 4) is 11.8 Å². The molecule has 0 aliphatic carbocycles. The van der Waals surface area contributed by atoms with Gasteiger partial charge in [0.15, 0.2) is 0 Å². The lowest BCUT2D eigenvalue weighted by Crippen LogP contribution is -2.20. The Hall–Kier alpha value is -1.31. The maximum absolute atomic E-state index is 5.51. The van der Waals surface area contributed by atoms with Crippen molar-refractivity contribution >= 4 is 0 Å². The Morgan fingerprint density at radius 1 is 1.41 bits per heavy atom. The van der Waals surface area contributed by atoms with Gasteiger partial charge in [-0.05, 0) is 19.8 Å². The minimum Gasteiger partial charge on any atom is -0.380 e. The predicted molar refractivity (Wildman–Crippen MR) is 68.7 cm³/mol. The number of imidazole rings is 1. The molecule has 0 saturated heterocycles. The second-order valence-corrected chi connectivity index (χ2v) is 3.72. The smallest absolute Gasteiger partial charge is 0.0921 e. The molecule has 0 aliphatic heterocycles. The van der Waals surface area contributed by atoms with Crippen LogP contribution in [0.1, 0.15) is 25.5 Å². The molecule has 0 atom stereocenters. The van der Waals surface area contributed by atoms with Gasteiger partial charge in [-0.1, -0.05) is 0 Å². The first-order valence-electron chi connectivity index (χ1n) is 6.09. The molecule has 1 heterocycles. The van der Waals surface area contributed by atoms with Crippen LogP contribution in [0.3, 0.4) is 0 Å². The van der Waals surface area contributed by atoms with Gasteiger partial charge < -0.3 is 15.0 Å². The molecule has 1 rings (SSSR count). The van der Waals surface area contributed by atoms with E-state index in [2.05, 4.69) is 27.1 Å². The van der Waals surface area contributed by atoms with Crippen molar-refractivity contribution in [2.45, 2.75) is 26.2 Å². The monoisotopic (exact) mass is 235 g/mol. The summed E-state index contributed by atoms with van der Waals surface area (Å²) in [5.41, 5.74) is 1.17. The minimum absolute atomic E-state index is 0.766. The number of H-pyrrole nitrogens is 1. The standard InChI is InChI=1S/C13H21N3O/c1-2-3-4-7-14-8-10-17-9-5-6-13-11-15-12-16-13/h11-12,14H,4-10H2,1H3,(H,15,16). The van der Waals surface area contributed by atoms with E-state index in [1.807, 2.05) is 13.1 Å². The lowest BCUT2D eigenvalue weighted by Gasteiger charge is -2.04. The zero-order valence-corrected chi connectivity index (χ0v) is 10.5. The number of hydrogen-bond donors (Lipinski definition) is 2. The maximum atomic E-state index is 5.51. The van der Waals surface area contributed by atoms with Crippen LogP contribution < -0.4 is 5.32 Å². The van der Waals surface area contributed by atoms with Gasteiger partial charge in [-0.2, -0.15) is 0 Å².